The zero-order valence-corrected chi connectivity index (χ0v) is 9.66. The van der Waals surface area contributed by atoms with Crippen LogP contribution < -0.4 is 4.90 Å². The van der Waals surface area contributed by atoms with E-state index in [1.807, 2.05) is 19.2 Å². The van der Waals surface area contributed by atoms with Gasteiger partial charge in [0.2, 0.25) is 0 Å². The van der Waals surface area contributed by atoms with Gasteiger partial charge in [0.15, 0.2) is 0 Å². The van der Waals surface area contributed by atoms with E-state index >= 15 is 0 Å². The summed E-state index contributed by atoms with van der Waals surface area (Å²) < 4.78 is 1.03. The number of β-amino-alcohol motifs (C(OH)–C–C–N with tert-alkyl or cyclic N) is 1. The Bertz CT molecular complexity index is 343. The largest absolute Gasteiger partial charge is 0.391 e. The summed E-state index contributed by atoms with van der Waals surface area (Å²) in [6.07, 6.45) is 2.47. The van der Waals surface area contributed by atoms with E-state index in [4.69, 9.17) is 0 Å². The SMILES string of the molecule is Cc1cc(N2CCC(O)C2)ncc1Br. The number of anilines is 1. The Morgan fingerprint density at radius 1 is 1.64 bits per heavy atom. The smallest absolute Gasteiger partial charge is 0.128 e. The molecule has 1 aromatic rings. The van der Waals surface area contributed by atoms with Crippen molar-refractivity contribution in [3.8, 4) is 0 Å². The Kier molecular flexibility index (Phi) is 2.74. The van der Waals surface area contributed by atoms with E-state index < -0.39 is 0 Å². The van der Waals surface area contributed by atoms with E-state index in [1.165, 1.54) is 5.56 Å². The van der Waals surface area contributed by atoms with Gasteiger partial charge in [0.25, 0.3) is 0 Å². The van der Waals surface area contributed by atoms with Crippen LogP contribution in [0.4, 0.5) is 5.82 Å². The standard InChI is InChI=1S/C10H13BrN2O/c1-7-4-10(12-5-9(7)11)13-3-2-8(14)6-13/h4-5,8,14H,2-3,6H2,1H3. The zero-order chi connectivity index (χ0) is 10.1. The molecular formula is C10H13BrN2O. The molecule has 3 nitrogen and oxygen atoms in total. The first-order chi connectivity index (χ1) is 6.66. The minimum Gasteiger partial charge on any atom is -0.391 e. The minimum absolute atomic E-state index is 0.194. The number of pyridine rings is 1. The van der Waals surface area contributed by atoms with Crippen LogP contribution in [0.5, 0.6) is 0 Å². The van der Waals surface area contributed by atoms with Gasteiger partial charge in [-0.05, 0) is 40.9 Å². The van der Waals surface area contributed by atoms with Crippen molar-refractivity contribution in [1.82, 2.24) is 4.98 Å². The highest BCUT2D eigenvalue weighted by molar-refractivity contribution is 9.10. The summed E-state index contributed by atoms with van der Waals surface area (Å²) >= 11 is 3.42. The second-order valence-corrected chi connectivity index (χ2v) is 4.53. The molecule has 0 saturated carbocycles. The number of hydrogen-bond acceptors (Lipinski definition) is 3. The summed E-state index contributed by atoms with van der Waals surface area (Å²) in [5.41, 5.74) is 1.18. The fourth-order valence-corrected chi connectivity index (χ4v) is 1.86. The Morgan fingerprint density at radius 3 is 3.00 bits per heavy atom. The maximum Gasteiger partial charge on any atom is 0.128 e. The van der Waals surface area contributed by atoms with Gasteiger partial charge in [-0.15, -0.1) is 0 Å². The Hall–Kier alpha value is -0.610. The van der Waals surface area contributed by atoms with Gasteiger partial charge in [-0.3, -0.25) is 0 Å². The average Bonchev–Trinajstić information content (AvgIpc) is 2.57. The molecule has 0 aliphatic carbocycles. The molecule has 0 amide bonds. The van der Waals surface area contributed by atoms with Crippen molar-refractivity contribution < 1.29 is 5.11 Å². The fraction of sp³-hybridized carbons (Fsp3) is 0.500. The number of rotatable bonds is 1. The first kappa shape index (κ1) is 9.93. The minimum atomic E-state index is -0.194. The number of halogens is 1. The van der Waals surface area contributed by atoms with E-state index in [2.05, 4.69) is 25.8 Å². The Balaban J connectivity index is 2.20. The molecule has 0 aromatic carbocycles. The van der Waals surface area contributed by atoms with Crippen molar-refractivity contribution in [1.29, 1.82) is 0 Å². The van der Waals surface area contributed by atoms with Gasteiger partial charge in [0.05, 0.1) is 6.10 Å². The monoisotopic (exact) mass is 256 g/mol. The maximum absolute atomic E-state index is 9.41. The molecule has 0 bridgehead atoms. The summed E-state index contributed by atoms with van der Waals surface area (Å²) in [5.74, 6) is 0.960. The number of aromatic nitrogens is 1. The molecule has 0 radical (unpaired) electrons. The van der Waals surface area contributed by atoms with Crippen LogP contribution in [0.2, 0.25) is 0 Å². The molecule has 1 N–H and O–H groups in total. The molecule has 1 fully saturated rings. The summed E-state index contributed by atoms with van der Waals surface area (Å²) in [7, 11) is 0. The average molecular weight is 257 g/mol. The third-order valence-electron chi connectivity index (χ3n) is 2.52. The van der Waals surface area contributed by atoms with Gasteiger partial charge in [-0.2, -0.15) is 0 Å². The lowest BCUT2D eigenvalue weighted by Gasteiger charge is -2.17. The molecule has 1 unspecified atom stereocenters. The van der Waals surface area contributed by atoms with Gasteiger partial charge in [0, 0.05) is 23.8 Å². The summed E-state index contributed by atoms with van der Waals surface area (Å²) in [4.78, 5) is 6.44. The van der Waals surface area contributed by atoms with E-state index in [-0.39, 0.29) is 6.10 Å². The Morgan fingerprint density at radius 2 is 2.43 bits per heavy atom. The van der Waals surface area contributed by atoms with E-state index in [9.17, 15) is 5.11 Å². The molecule has 1 aliphatic heterocycles. The Labute approximate surface area is 91.9 Å². The highest BCUT2D eigenvalue weighted by Gasteiger charge is 2.21. The number of hydrogen-bond donors (Lipinski definition) is 1. The maximum atomic E-state index is 9.41. The molecule has 1 aromatic heterocycles. The van der Waals surface area contributed by atoms with Crippen molar-refractivity contribution in [2.45, 2.75) is 19.4 Å². The van der Waals surface area contributed by atoms with Crippen LogP contribution in [-0.2, 0) is 0 Å². The summed E-state index contributed by atoms with van der Waals surface area (Å²) in [6, 6.07) is 2.04. The number of aliphatic hydroxyl groups excluding tert-OH is 1. The van der Waals surface area contributed by atoms with Crippen LogP contribution in [0.1, 0.15) is 12.0 Å². The molecule has 1 atom stereocenters. The number of nitrogens with zero attached hydrogens (tertiary/aromatic N) is 2. The lowest BCUT2D eigenvalue weighted by atomic mass is 10.3. The van der Waals surface area contributed by atoms with Gasteiger partial charge in [-0.1, -0.05) is 0 Å². The molecule has 1 aliphatic rings. The quantitative estimate of drug-likeness (QED) is 0.832. The molecule has 4 heteroatoms. The van der Waals surface area contributed by atoms with Crippen LogP contribution in [-0.4, -0.2) is 29.3 Å². The topological polar surface area (TPSA) is 36.4 Å². The van der Waals surface area contributed by atoms with Gasteiger partial charge < -0.3 is 10.0 Å². The van der Waals surface area contributed by atoms with Gasteiger partial charge in [0.1, 0.15) is 5.82 Å². The normalized spacial score (nSPS) is 21.6. The first-order valence-corrected chi connectivity index (χ1v) is 5.51. The zero-order valence-electron chi connectivity index (χ0n) is 8.07. The molecular weight excluding hydrogens is 244 g/mol. The van der Waals surface area contributed by atoms with Crippen molar-refractivity contribution in [2.24, 2.45) is 0 Å². The summed E-state index contributed by atoms with van der Waals surface area (Å²) in [6.45, 7) is 3.64. The van der Waals surface area contributed by atoms with Crippen LogP contribution in [0.3, 0.4) is 0 Å². The van der Waals surface area contributed by atoms with Crippen LogP contribution in [0.15, 0.2) is 16.7 Å². The highest BCUT2D eigenvalue weighted by atomic mass is 79.9. The summed E-state index contributed by atoms with van der Waals surface area (Å²) in [5, 5.41) is 9.41. The first-order valence-electron chi connectivity index (χ1n) is 4.72. The van der Waals surface area contributed by atoms with Crippen molar-refractivity contribution in [2.75, 3.05) is 18.0 Å². The fourth-order valence-electron chi connectivity index (χ4n) is 1.65. The van der Waals surface area contributed by atoms with Crippen LogP contribution >= 0.6 is 15.9 Å². The molecule has 76 valence electrons. The number of aryl methyl sites for hydroxylation is 1. The second-order valence-electron chi connectivity index (χ2n) is 3.68. The third-order valence-corrected chi connectivity index (χ3v) is 3.35. The lowest BCUT2D eigenvalue weighted by molar-refractivity contribution is 0.198. The predicted molar refractivity (Wildman–Crippen MR) is 59.5 cm³/mol. The van der Waals surface area contributed by atoms with E-state index in [0.717, 1.165) is 23.3 Å². The van der Waals surface area contributed by atoms with Crippen molar-refractivity contribution in [3.05, 3.63) is 22.3 Å². The molecule has 1 saturated heterocycles. The van der Waals surface area contributed by atoms with Crippen LogP contribution in [0.25, 0.3) is 0 Å². The predicted octanol–water partition coefficient (Wildman–Crippen LogP) is 1.72. The highest BCUT2D eigenvalue weighted by Crippen LogP contribution is 2.22. The van der Waals surface area contributed by atoms with E-state index in [1.54, 1.807) is 0 Å². The molecule has 2 rings (SSSR count). The van der Waals surface area contributed by atoms with E-state index in [0.29, 0.717) is 6.54 Å². The van der Waals surface area contributed by atoms with Crippen molar-refractivity contribution >= 4 is 21.7 Å². The van der Waals surface area contributed by atoms with Gasteiger partial charge >= 0.3 is 0 Å². The number of aliphatic hydroxyl groups is 1. The van der Waals surface area contributed by atoms with Crippen molar-refractivity contribution in [3.63, 3.8) is 0 Å². The van der Waals surface area contributed by atoms with Crippen LogP contribution in [0, 0.1) is 6.92 Å². The molecule has 2 heterocycles. The third kappa shape index (κ3) is 1.91. The second kappa shape index (κ2) is 3.87. The van der Waals surface area contributed by atoms with Gasteiger partial charge in [-0.25, -0.2) is 4.98 Å². The molecule has 0 spiro atoms. The molecule has 14 heavy (non-hydrogen) atoms. The lowest BCUT2D eigenvalue weighted by Crippen LogP contribution is -2.22.